The lowest BCUT2D eigenvalue weighted by molar-refractivity contribution is 0.122. The van der Waals surface area contributed by atoms with E-state index in [-0.39, 0.29) is 0 Å². The minimum atomic E-state index is 0.636. The van der Waals surface area contributed by atoms with Gasteiger partial charge in [-0.1, -0.05) is 0 Å². The van der Waals surface area contributed by atoms with Crippen LogP contribution in [0.2, 0.25) is 0 Å². The minimum Gasteiger partial charge on any atom is -0.378 e. The zero-order valence-electron chi connectivity index (χ0n) is 9.33. The first-order chi connectivity index (χ1) is 8.38. The Labute approximate surface area is 98.9 Å². The number of anilines is 1. The molecule has 17 heavy (non-hydrogen) atoms. The number of aromatic nitrogens is 2. The molecular weight excluding hydrogens is 216 g/mol. The number of imidazole rings is 1. The fourth-order valence-corrected chi connectivity index (χ4v) is 2.06. The summed E-state index contributed by atoms with van der Waals surface area (Å²) in [5.41, 5.74) is 1.45. The van der Waals surface area contributed by atoms with Gasteiger partial charge in [0.25, 0.3) is 0 Å². The van der Waals surface area contributed by atoms with Gasteiger partial charge in [0.1, 0.15) is 11.5 Å². The SMILES string of the molecule is N#Cc1ccn2c(N3CCOCC3)cnc2c1. The van der Waals surface area contributed by atoms with Gasteiger partial charge in [0.15, 0.2) is 0 Å². The van der Waals surface area contributed by atoms with Crippen molar-refractivity contribution in [2.24, 2.45) is 0 Å². The highest BCUT2D eigenvalue weighted by Crippen LogP contribution is 2.18. The molecule has 1 aliphatic rings. The largest absolute Gasteiger partial charge is 0.378 e. The van der Waals surface area contributed by atoms with E-state index in [0.29, 0.717) is 5.56 Å². The first-order valence-corrected chi connectivity index (χ1v) is 5.58. The lowest BCUT2D eigenvalue weighted by Gasteiger charge is -2.27. The van der Waals surface area contributed by atoms with Gasteiger partial charge in [-0.15, -0.1) is 0 Å². The number of hydrogen-bond acceptors (Lipinski definition) is 4. The lowest BCUT2D eigenvalue weighted by Crippen LogP contribution is -2.36. The standard InChI is InChI=1S/C12H12N4O/c13-8-10-1-2-16-11(7-10)14-9-12(16)15-3-5-17-6-4-15/h1-2,7,9H,3-6H2. The van der Waals surface area contributed by atoms with Crippen LogP contribution in [-0.2, 0) is 4.74 Å². The molecule has 0 bridgehead atoms. The van der Waals surface area contributed by atoms with E-state index in [0.717, 1.165) is 37.8 Å². The monoisotopic (exact) mass is 228 g/mol. The summed E-state index contributed by atoms with van der Waals surface area (Å²) in [5, 5.41) is 8.84. The van der Waals surface area contributed by atoms with E-state index < -0.39 is 0 Å². The van der Waals surface area contributed by atoms with Gasteiger partial charge in [0, 0.05) is 19.3 Å². The highest BCUT2D eigenvalue weighted by Gasteiger charge is 2.15. The Hall–Kier alpha value is -2.06. The Kier molecular flexibility index (Phi) is 2.42. The van der Waals surface area contributed by atoms with Gasteiger partial charge in [0.2, 0.25) is 0 Å². The highest BCUT2D eigenvalue weighted by molar-refractivity contribution is 5.54. The zero-order chi connectivity index (χ0) is 11.7. The fourth-order valence-electron chi connectivity index (χ4n) is 2.06. The van der Waals surface area contributed by atoms with Gasteiger partial charge in [-0.3, -0.25) is 4.40 Å². The minimum absolute atomic E-state index is 0.636. The number of rotatable bonds is 1. The van der Waals surface area contributed by atoms with Crippen molar-refractivity contribution >= 4 is 11.5 Å². The average molecular weight is 228 g/mol. The molecule has 0 atom stereocenters. The van der Waals surface area contributed by atoms with Gasteiger partial charge in [0.05, 0.1) is 31.0 Å². The number of pyridine rings is 1. The van der Waals surface area contributed by atoms with Crippen LogP contribution in [0.25, 0.3) is 5.65 Å². The van der Waals surface area contributed by atoms with E-state index in [4.69, 9.17) is 10.00 Å². The number of nitriles is 1. The zero-order valence-corrected chi connectivity index (χ0v) is 9.33. The second kappa shape index (κ2) is 4.07. The van der Waals surface area contributed by atoms with Gasteiger partial charge in [-0.25, -0.2) is 4.98 Å². The third-order valence-electron chi connectivity index (χ3n) is 2.96. The summed E-state index contributed by atoms with van der Waals surface area (Å²) < 4.78 is 7.34. The summed E-state index contributed by atoms with van der Waals surface area (Å²) >= 11 is 0. The number of morpholine rings is 1. The van der Waals surface area contributed by atoms with Crippen molar-refractivity contribution in [3.05, 3.63) is 30.1 Å². The van der Waals surface area contributed by atoms with Gasteiger partial charge >= 0.3 is 0 Å². The summed E-state index contributed by atoms with van der Waals surface area (Å²) in [5.74, 6) is 1.06. The molecule has 1 fully saturated rings. The maximum absolute atomic E-state index is 8.84. The molecule has 0 radical (unpaired) electrons. The van der Waals surface area contributed by atoms with Crippen molar-refractivity contribution in [1.82, 2.24) is 9.38 Å². The molecule has 2 aromatic heterocycles. The molecule has 0 N–H and O–H groups in total. The Balaban J connectivity index is 2.03. The maximum atomic E-state index is 8.84. The first-order valence-electron chi connectivity index (χ1n) is 5.58. The van der Waals surface area contributed by atoms with E-state index in [9.17, 15) is 0 Å². The molecule has 0 saturated carbocycles. The molecule has 0 spiro atoms. The molecule has 3 rings (SSSR count). The third kappa shape index (κ3) is 1.73. The normalized spacial score (nSPS) is 16.1. The predicted octanol–water partition coefficient (Wildman–Crippen LogP) is 1.04. The van der Waals surface area contributed by atoms with Crippen LogP contribution in [0.15, 0.2) is 24.5 Å². The Morgan fingerprint density at radius 1 is 1.35 bits per heavy atom. The van der Waals surface area contributed by atoms with Crippen molar-refractivity contribution in [2.75, 3.05) is 31.2 Å². The number of fused-ring (bicyclic) bond motifs is 1. The van der Waals surface area contributed by atoms with Crippen LogP contribution < -0.4 is 4.90 Å². The first kappa shape index (κ1) is 10.1. The van der Waals surface area contributed by atoms with Gasteiger partial charge < -0.3 is 9.64 Å². The van der Waals surface area contributed by atoms with Crippen LogP contribution in [0.1, 0.15) is 5.56 Å². The van der Waals surface area contributed by atoms with Crippen molar-refractivity contribution in [3.63, 3.8) is 0 Å². The quantitative estimate of drug-likeness (QED) is 0.732. The van der Waals surface area contributed by atoms with Crippen molar-refractivity contribution in [3.8, 4) is 6.07 Å². The van der Waals surface area contributed by atoms with Crippen molar-refractivity contribution in [2.45, 2.75) is 0 Å². The van der Waals surface area contributed by atoms with Crippen LogP contribution >= 0.6 is 0 Å². The maximum Gasteiger partial charge on any atom is 0.139 e. The summed E-state index contributed by atoms with van der Waals surface area (Å²) in [6.07, 6.45) is 3.74. The van der Waals surface area contributed by atoms with Crippen LogP contribution in [-0.4, -0.2) is 35.7 Å². The topological polar surface area (TPSA) is 53.6 Å². The van der Waals surface area contributed by atoms with Gasteiger partial charge in [-0.05, 0) is 12.1 Å². The van der Waals surface area contributed by atoms with E-state index >= 15 is 0 Å². The molecule has 0 aliphatic carbocycles. The van der Waals surface area contributed by atoms with Crippen molar-refractivity contribution < 1.29 is 4.74 Å². The summed E-state index contributed by atoms with van der Waals surface area (Å²) in [7, 11) is 0. The predicted molar refractivity (Wildman–Crippen MR) is 62.9 cm³/mol. The summed E-state index contributed by atoms with van der Waals surface area (Å²) in [6.45, 7) is 3.27. The molecule has 0 unspecified atom stereocenters. The number of hydrogen-bond donors (Lipinski definition) is 0. The number of ether oxygens (including phenoxy) is 1. The second-order valence-corrected chi connectivity index (χ2v) is 3.97. The van der Waals surface area contributed by atoms with Gasteiger partial charge in [-0.2, -0.15) is 5.26 Å². The molecule has 1 saturated heterocycles. The Morgan fingerprint density at radius 2 is 2.18 bits per heavy atom. The molecule has 5 nitrogen and oxygen atoms in total. The van der Waals surface area contributed by atoms with E-state index in [1.165, 1.54) is 0 Å². The molecule has 3 heterocycles. The molecule has 1 aliphatic heterocycles. The Bertz CT molecular complexity index is 578. The molecule has 86 valence electrons. The van der Waals surface area contributed by atoms with Crippen LogP contribution in [0.5, 0.6) is 0 Å². The van der Waals surface area contributed by atoms with E-state index in [1.54, 1.807) is 12.1 Å². The van der Waals surface area contributed by atoms with Crippen LogP contribution in [0.4, 0.5) is 5.82 Å². The lowest BCUT2D eigenvalue weighted by atomic mass is 10.3. The van der Waals surface area contributed by atoms with Crippen LogP contribution in [0, 0.1) is 11.3 Å². The molecule has 0 aromatic carbocycles. The smallest absolute Gasteiger partial charge is 0.139 e. The molecule has 2 aromatic rings. The summed E-state index contributed by atoms with van der Waals surface area (Å²) in [6, 6.07) is 5.72. The highest BCUT2D eigenvalue weighted by atomic mass is 16.5. The number of nitrogens with zero attached hydrogens (tertiary/aromatic N) is 4. The summed E-state index contributed by atoms with van der Waals surface area (Å²) in [4.78, 5) is 6.58. The Morgan fingerprint density at radius 3 is 2.94 bits per heavy atom. The molecular formula is C12H12N4O. The van der Waals surface area contributed by atoms with E-state index in [1.807, 2.05) is 16.8 Å². The molecule has 0 amide bonds. The fraction of sp³-hybridized carbons (Fsp3) is 0.333. The van der Waals surface area contributed by atoms with E-state index in [2.05, 4.69) is 16.0 Å². The van der Waals surface area contributed by atoms with Crippen molar-refractivity contribution in [1.29, 1.82) is 5.26 Å². The van der Waals surface area contributed by atoms with Crippen LogP contribution in [0.3, 0.4) is 0 Å². The average Bonchev–Trinajstić information content (AvgIpc) is 2.82. The molecule has 5 heteroatoms. The second-order valence-electron chi connectivity index (χ2n) is 3.97. The third-order valence-corrected chi connectivity index (χ3v) is 2.96.